The number of quaternary nitrogens is 1. The number of nitrogens with one attached hydrogen (secondary N) is 1. The smallest absolute Gasteiger partial charge is 0.410 e. The number of carbonyl (C=O) groups excluding carboxylic acids is 1. The van der Waals surface area contributed by atoms with Crippen molar-refractivity contribution < 1.29 is 18.8 Å². The van der Waals surface area contributed by atoms with Gasteiger partial charge < -0.3 is 14.1 Å². The molecule has 134 valence electrons. The first-order valence-electron chi connectivity index (χ1n) is 8.77. The summed E-state index contributed by atoms with van der Waals surface area (Å²) in [5.74, 6) is 0. The molecule has 0 radical (unpaired) electrons. The molecule has 25 heavy (non-hydrogen) atoms. The Bertz CT molecular complexity index is 835. The van der Waals surface area contributed by atoms with Crippen LogP contribution in [-0.4, -0.2) is 43.8 Å². The Balaban J connectivity index is 1.78. The van der Waals surface area contributed by atoms with Crippen molar-refractivity contribution in [2.75, 3.05) is 32.8 Å². The molecule has 0 atom stereocenters. The SMILES string of the molecule is CCOC(=O)N1CC[NH+](Cc2cc(=O)oc3cc(C)cc(C)c23)CC1. The Morgan fingerprint density at radius 1 is 1.24 bits per heavy atom. The number of piperazine rings is 1. The highest BCUT2D eigenvalue weighted by Crippen LogP contribution is 2.22. The van der Waals surface area contributed by atoms with Crippen LogP contribution in [0.2, 0.25) is 0 Å². The van der Waals surface area contributed by atoms with E-state index < -0.39 is 0 Å². The number of fused-ring (bicyclic) bond motifs is 1. The number of nitrogens with zero attached hydrogens (tertiary/aromatic N) is 1. The minimum atomic E-state index is -0.308. The molecule has 3 rings (SSSR count). The largest absolute Gasteiger partial charge is 0.450 e. The van der Waals surface area contributed by atoms with Gasteiger partial charge in [0.05, 0.1) is 32.8 Å². The first-order chi connectivity index (χ1) is 12.0. The zero-order valence-corrected chi connectivity index (χ0v) is 15.1. The van der Waals surface area contributed by atoms with Gasteiger partial charge in [-0.05, 0) is 38.0 Å². The molecule has 0 saturated carbocycles. The van der Waals surface area contributed by atoms with Crippen LogP contribution in [0, 0.1) is 13.8 Å². The number of carbonyl (C=O) groups is 1. The highest BCUT2D eigenvalue weighted by atomic mass is 16.6. The number of ether oxygens (including phenoxy) is 1. The summed E-state index contributed by atoms with van der Waals surface area (Å²) in [4.78, 5) is 26.8. The number of hydrogen-bond donors (Lipinski definition) is 1. The summed E-state index contributed by atoms with van der Waals surface area (Å²) in [5, 5.41) is 1.03. The third-order valence-electron chi connectivity index (χ3n) is 4.70. The fourth-order valence-corrected chi connectivity index (χ4v) is 3.58. The van der Waals surface area contributed by atoms with Crippen LogP contribution >= 0.6 is 0 Å². The molecule has 1 aliphatic rings. The van der Waals surface area contributed by atoms with Crippen LogP contribution in [0.1, 0.15) is 23.6 Å². The van der Waals surface area contributed by atoms with Gasteiger partial charge in [-0.25, -0.2) is 9.59 Å². The average Bonchev–Trinajstić information content (AvgIpc) is 2.54. The van der Waals surface area contributed by atoms with E-state index in [-0.39, 0.29) is 11.7 Å². The van der Waals surface area contributed by atoms with Gasteiger partial charge in [0.1, 0.15) is 12.1 Å². The molecule has 6 nitrogen and oxygen atoms in total. The maximum atomic E-state index is 11.9. The summed E-state index contributed by atoms with van der Waals surface area (Å²) in [7, 11) is 0. The normalized spacial score (nSPS) is 15.6. The summed E-state index contributed by atoms with van der Waals surface area (Å²) >= 11 is 0. The van der Waals surface area contributed by atoms with Crippen LogP contribution in [-0.2, 0) is 11.3 Å². The van der Waals surface area contributed by atoms with E-state index >= 15 is 0 Å². The van der Waals surface area contributed by atoms with Gasteiger partial charge in [0.2, 0.25) is 0 Å². The van der Waals surface area contributed by atoms with E-state index in [1.807, 2.05) is 26.8 Å². The second-order valence-electron chi connectivity index (χ2n) is 6.66. The van der Waals surface area contributed by atoms with Gasteiger partial charge in [0.15, 0.2) is 0 Å². The molecular weight excluding hydrogens is 320 g/mol. The van der Waals surface area contributed by atoms with Gasteiger partial charge in [-0.15, -0.1) is 0 Å². The Morgan fingerprint density at radius 3 is 2.64 bits per heavy atom. The molecule has 0 aliphatic carbocycles. The standard InChI is InChI=1S/C19H24N2O4/c1-4-24-19(23)21-7-5-20(6-8-21)12-15-11-17(22)25-16-10-13(2)9-14(3)18(15)16/h9-11H,4-8,12H2,1-3H3/p+1. The van der Waals surface area contributed by atoms with Crippen LogP contribution < -0.4 is 10.5 Å². The molecule has 1 aliphatic heterocycles. The first-order valence-corrected chi connectivity index (χ1v) is 8.77. The zero-order chi connectivity index (χ0) is 18.0. The molecule has 6 heteroatoms. The number of amides is 1. The topological polar surface area (TPSA) is 64.2 Å². The van der Waals surface area contributed by atoms with E-state index in [0.717, 1.165) is 41.7 Å². The number of aryl methyl sites for hydroxylation is 2. The lowest BCUT2D eigenvalue weighted by Gasteiger charge is -2.31. The van der Waals surface area contributed by atoms with Crippen molar-refractivity contribution in [2.24, 2.45) is 0 Å². The van der Waals surface area contributed by atoms with Crippen molar-refractivity contribution >= 4 is 17.1 Å². The third kappa shape index (κ3) is 3.85. The second kappa shape index (κ2) is 7.27. The minimum Gasteiger partial charge on any atom is -0.450 e. The van der Waals surface area contributed by atoms with Crippen molar-refractivity contribution in [3.05, 3.63) is 45.3 Å². The molecule has 0 unspecified atom stereocenters. The van der Waals surface area contributed by atoms with E-state index in [9.17, 15) is 9.59 Å². The van der Waals surface area contributed by atoms with E-state index in [4.69, 9.17) is 9.15 Å². The van der Waals surface area contributed by atoms with Crippen LogP contribution in [0.15, 0.2) is 27.4 Å². The summed E-state index contributed by atoms with van der Waals surface area (Å²) in [6, 6.07) is 5.64. The van der Waals surface area contributed by atoms with Gasteiger partial charge in [-0.2, -0.15) is 0 Å². The Kier molecular flexibility index (Phi) is 5.08. The molecule has 2 heterocycles. The van der Waals surface area contributed by atoms with Crippen LogP contribution in [0.5, 0.6) is 0 Å². The Hall–Kier alpha value is -2.34. The van der Waals surface area contributed by atoms with Crippen molar-refractivity contribution in [3.8, 4) is 0 Å². The van der Waals surface area contributed by atoms with Gasteiger partial charge >= 0.3 is 11.7 Å². The fourth-order valence-electron chi connectivity index (χ4n) is 3.58. The van der Waals surface area contributed by atoms with E-state index in [1.54, 1.807) is 11.0 Å². The summed E-state index contributed by atoms with van der Waals surface area (Å²) < 4.78 is 10.5. The predicted octanol–water partition coefficient (Wildman–Crippen LogP) is 1.27. The van der Waals surface area contributed by atoms with Crippen molar-refractivity contribution in [2.45, 2.75) is 27.3 Å². The van der Waals surface area contributed by atoms with Gasteiger partial charge in [0.25, 0.3) is 0 Å². The highest BCUT2D eigenvalue weighted by molar-refractivity contribution is 5.84. The van der Waals surface area contributed by atoms with E-state index in [1.165, 1.54) is 4.90 Å². The summed E-state index contributed by atoms with van der Waals surface area (Å²) in [6.45, 7) is 10.0. The summed E-state index contributed by atoms with van der Waals surface area (Å²) in [6.07, 6.45) is -0.237. The van der Waals surface area contributed by atoms with Crippen molar-refractivity contribution in [1.29, 1.82) is 0 Å². The molecule has 1 N–H and O–H groups in total. The predicted molar refractivity (Wildman–Crippen MR) is 95.0 cm³/mol. The Labute approximate surface area is 147 Å². The second-order valence-corrected chi connectivity index (χ2v) is 6.66. The highest BCUT2D eigenvalue weighted by Gasteiger charge is 2.25. The lowest BCUT2D eigenvalue weighted by Crippen LogP contribution is -3.13. The maximum Gasteiger partial charge on any atom is 0.410 e. The van der Waals surface area contributed by atoms with Gasteiger partial charge in [-0.1, -0.05) is 6.07 Å². The monoisotopic (exact) mass is 345 g/mol. The molecule has 1 aromatic heterocycles. The molecule has 1 amide bonds. The molecule has 0 bridgehead atoms. The molecule has 1 saturated heterocycles. The fraction of sp³-hybridized carbons (Fsp3) is 0.474. The van der Waals surface area contributed by atoms with Crippen LogP contribution in [0.3, 0.4) is 0 Å². The van der Waals surface area contributed by atoms with Gasteiger partial charge in [0, 0.05) is 17.0 Å². The number of rotatable bonds is 3. The molecule has 1 aromatic carbocycles. The lowest BCUT2D eigenvalue weighted by atomic mass is 10.0. The average molecular weight is 345 g/mol. The third-order valence-corrected chi connectivity index (χ3v) is 4.70. The molecular formula is C19H25N2O4+. The number of hydrogen-bond acceptors (Lipinski definition) is 4. The lowest BCUT2D eigenvalue weighted by molar-refractivity contribution is -0.917. The Morgan fingerprint density at radius 2 is 1.96 bits per heavy atom. The quantitative estimate of drug-likeness (QED) is 0.851. The van der Waals surface area contributed by atoms with Crippen molar-refractivity contribution in [1.82, 2.24) is 4.90 Å². The van der Waals surface area contributed by atoms with E-state index in [2.05, 4.69) is 6.07 Å². The van der Waals surface area contributed by atoms with Crippen molar-refractivity contribution in [3.63, 3.8) is 0 Å². The van der Waals surface area contributed by atoms with E-state index in [0.29, 0.717) is 25.3 Å². The zero-order valence-electron chi connectivity index (χ0n) is 15.1. The maximum absolute atomic E-state index is 11.9. The van der Waals surface area contributed by atoms with Gasteiger partial charge in [-0.3, -0.25) is 4.90 Å². The minimum absolute atomic E-state index is 0.237. The van der Waals surface area contributed by atoms with Crippen LogP contribution in [0.25, 0.3) is 11.0 Å². The van der Waals surface area contributed by atoms with Crippen LogP contribution in [0.4, 0.5) is 4.79 Å². The molecule has 2 aromatic rings. The first kappa shape index (κ1) is 17.5. The number of benzene rings is 1. The molecule has 0 spiro atoms. The molecule has 1 fully saturated rings. The summed E-state index contributed by atoms with van der Waals surface area (Å²) in [5.41, 5.74) is 3.57.